The van der Waals surface area contributed by atoms with Crippen molar-refractivity contribution in [3.05, 3.63) is 23.3 Å². The monoisotopic (exact) mass is 488 g/mol. The van der Waals surface area contributed by atoms with Crippen molar-refractivity contribution >= 4 is 11.9 Å². The lowest BCUT2D eigenvalue weighted by Gasteiger charge is -2.32. The van der Waals surface area contributed by atoms with E-state index >= 15 is 0 Å². The van der Waals surface area contributed by atoms with Gasteiger partial charge >= 0.3 is 5.97 Å². The molecule has 0 unspecified atom stereocenters. The zero-order chi connectivity index (χ0) is 25.5. The van der Waals surface area contributed by atoms with Crippen molar-refractivity contribution in [1.82, 2.24) is 10.2 Å². The van der Waals surface area contributed by atoms with Crippen molar-refractivity contribution in [1.29, 1.82) is 0 Å². The van der Waals surface area contributed by atoms with Crippen molar-refractivity contribution < 1.29 is 24.5 Å². The molecule has 0 radical (unpaired) electrons. The van der Waals surface area contributed by atoms with E-state index in [4.69, 9.17) is 4.74 Å². The second-order valence-corrected chi connectivity index (χ2v) is 11.1. The largest absolute Gasteiger partial charge is 0.508 e. The highest BCUT2D eigenvalue weighted by atomic mass is 16.5. The maximum atomic E-state index is 13.1. The lowest BCUT2D eigenvalue weighted by Crippen LogP contribution is -2.42. The van der Waals surface area contributed by atoms with Gasteiger partial charge in [-0.3, -0.25) is 9.59 Å². The van der Waals surface area contributed by atoms with E-state index < -0.39 is 0 Å². The number of aromatic hydroxyl groups is 2. The molecule has 1 aromatic rings. The Balaban J connectivity index is 1.47. The number of piperidine rings is 1. The summed E-state index contributed by atoms with van der Waals surface area (Å²) in [5, 5.41) is 23.8. The minimum Gasteiger partial charge on any atom is -0.508 e. The first kappa shape index (κ1) is 27.3. The van der Waals surface area contributed by atoms with Gasteiger partial charge in [0.15, 0.2) is 0 Å². The molecular weight excluding hydrogens is 444 g/mol. The SMILES string of the molecule is CC(C)C[C@H](NCCC1CCN(C(=O)c2cc(C(C)C)c(O)cc2O)CC1)C(=O)OC1CCCC1. The number of carbonyl (C=O) groups is 2. The Morgan fingerprint density at radius 3 is 2.29 bits per heavy atom. The van der Waals surface area contributed by atoms with Gasteiger partial charge < -0.3 is 25.2 Å². The summed E-state index contributed by atoms with van der Waals surface area (Å²) in [5.74, 6) is 0.484. The van der Waals surface area contributed by atoms with Crippen molar-refractivity contribution in [2.75, 3.05) is 19.6 Å². The number of hydrogen-bond donors (Lipinski definition) is 3. The molecule has 196 valence electrons. The van der Waals surface area contributed by atoms with Crippen LogP contribution in [0.25, 0.3) is 0 Å². The van der Waals surface area contributed by atoms with Crippen LogP contribution in [0.5, 0.6) is 11.5 Å². The summed E-state index contributed by atoms with van der Waals surface area (Å²) in [6.45, 7) is 10.2. The van der Waals surface area contributed by atoms with E-state index in [0.29, 0.717) is 30.5 Å². The van der Waals surface area contributed by atoms with Gasteiger partial charge in [-0.2, -0.15) is 0 Å². The van der Waals surface area contributed by atoms with Crippen LogP contribution in [0, 0.1) is 11.8 Å². The molecule has 1 aliphatic heterocycles. The molecule has 1 heterocycles. The first-order valence-corrected chi connectivity index (χ1v) is 13.4. The van der Waals surface area contributed by atoms with E-state index in [0.717, 1.165) is 57.9 Å². The van der Waals surface area contributed by atoms with Gasteiger partial charge in [0, 0.05) is 19.2 Å². The molecular formula is C28H44N2O5. The number of likely N-dealkylation sites (tertiary alicyclic amines) is 1. The molecule has 2 fully saturated rings. The zero-order valence-electron chi connectivity index (χ0n) is 21.9. The number of carbonyl (C=O) groups excluding carboxylic acids is 2. The van der Waals surface area contributed by atoms with Gasteiger partial charge in [0.2, 0.25) is 0 Å². The molecule has 2 aliphatic rings. The maximum Gasteiger partial charge on any atom is 0.323 e. The second-order valence-electron chi connectivity index (χ2n) is 11.1. The number of nitrogens with one attached hydrogen (secondary N) is 1. The number of phenolic OH excluding ortho intramolecular Hbond substituents is 2. The highest BCUT2D eigenvalue weighted by Gasteiger charge is 2.28. The standard InChI is InChI=1S/C28H44N2O5/c1-18(2)15-24(28(34)35-21-7-5-6-8-21)29-12-9-20-10-13-30(14-11-20)27(33)23-16-22(19(3)4)25(31)17-26(23)32/h16-21,24,29,31-32H,5-15H2,1-4H3/t24-/m0/s1. The lowest BCUT2D eigenvalue weighted by atomic mass is 9.92. The van der Waals surface area contributed by atoms with Crippen molar-refractivity contribution in [3.63, 3.8) is 0 Å². The Kier molecular flexibility index (Phi) is 9.84. The summed E-state index contributed by atoms with van der Waals surface area (Å²) in [7, 11) is 0. The van der Waals surface area contributed by atoms with Crippen molar-refractivity contribution in [2.45, 2.75) is 97.1 Å². The number of amides is 1. The quantitative estimate of drug-likeness (QED) is 0.403. The molecule has 1 saturated heterocycles. The first-order chi connectivity index (χ1) is 16.7. The van der Waals surface area contributed by atoms with Crippen LogP contribution in [0.2, 0.25) is 0 Å². The normalized spacial score (nSPS) is 18.4. The molecule has 1 amide bonds. The first-order valence-electron chi connectivity index (χ1n) is 13.4. The topological polar surface area (TPSA) is 99.1 Å². The van der Waals surface area contributed by atoms with Crippen LogP contribution in [0.3, 0.4) is 0 Å². The minimum absolute atomic E-state index is 0.0168. The van der Waals surface area contributed by atoms with Gasteiger partial charge in [-0.15, -0.1) is 0 Å². The summed E-state index contributed by atoms with van der Waals surface area (Å²) in [6.07, 6.45) is 7.86. The third-order valence-electron chi connectivity index (χ3n) is 7.42. The Morgan fingerprint density at radius 2 is 1.69 bits per heavy atom. The summed E-state index contributed by atoms with van der Waals surface area (Å²) in [6, 6.07) is 2.63. The highest BCUT2D eigenvalue weighted by molar-refractivity contribution is 5.97. The average molecular weight is 489 g/mol. The van der Waals surface area contributed by atoms with Gasteiger partial charge in [0.05, 0.1) is 5.56 Å². The predicted octanol–water partition coefficient (Wildman–Crippen LogP) is 4.95. The van der Waals surface area contributed by atoms with Gasteiger partial charge in [-0.25, -0.2) is 0 Å². The number of rotatable bonds is 10. The van der Waals surface area contributed by atoms with E-state index in [9.17, 15) is 19.8 Å². The molecule has 1 atom stereocenters. The summed E-state index contributed by atoms with van der Waals surface area (Å²) < 4.78 is 5.76. The number of esters is 1. The van der Waals surface area contributed by atoms with Gasteiger partial charge in [-0.05, 0) is 87.3 Å². The molecule has 0 spiro atoms. The Labute approximate surface area is 210 Å². The van der Waals surface area contributed by atoms with Gasteiger partial charge in [-0.1, -0.05) is 27.7 Å². The molecule has 3 N–H and O–H groups in total. The molecule has 7 nitrogen and oxygen atoms in total. The molecule has 0 bridgehead atoms. The second kappa shape index (κ2) is 12.6. The fraction of sp³-hybridized carbons (Fsp3) is 0.714. The minimum atomic E-state index is -0.259. The molecule has 7 heteroatoms. The van der Waals surface area contributed by atoms with E-state index in [1.807, 2.05) is 13.8 Å². The lowest BCUT2D eigenvalue weighted by molar-refractivity contribution is -0.151. The smallest absolute Gasteiger partial charge is 0.323 e. The van der Waals surface area contributed by atoms with Crippen LogP contribution in [-0.4, -0.2) is 58.8 Å². The van der Waals surface area contributed by atoms with Crippen LogP contribution >= 0.6 is 0 Å². The molecule has 1 saturated carbocycles. The van der Waals surface area contributed by atoms with Crippen molar-refractivity contribution in [2.24, 2.45) is 11.8 Å². The van der Waals surface area contributed by atoms with Gasteiger partial charge in [0.1, 0.15) is 23.6 Å². The third-order valence-corrected chi connectivity index (χ3v) is 7.42. The average Bonchev–Trinajstić information content (AvgIpc) is 3.31. The van der Waals surface area contributed by atoms with Crippen LogP contribution in [0.15, 0.2) is 12.1 Å². The van der Waals surface area contributed by atoms with Crippen LogP contribution in [-0.2, 0) is 9.53 Å². The fourth-order valence-corrected chi connectivity index (χ4v) is 5.27. The van der Waals surface area contributed by atoms with Gasteiger partial charge in [0.25, 0.3) is 5.91 Å². The van der Waals surface area contributed by atoms with E-state index in [2.05, 4.69) is 19.2 Å². The molecule has 1 aromatic carbocycles. The third kappa shape index (κ3) is 7.60. The van der Waals surface area contributed by atoms with E-state index in [-0.39, 0.29) is 47.0 Å². The summed E-state index contributed by atoms with van der Waals surface area (Å²) >= 11 is 0. The predicted molar refractivity (Wildman–Crippen MR) is 137 cm³/mol. The number of hydrogen-bond acceptors (Lipinski definition) is 6. The molecule has 3 rings (SSSR count). The van der Waals surface area contributed by atoms with E-state index in [1.54, 1.807) is 11.0 Å². The number of ether oxygens (including phenoxy) is 1. The molecule has 35 heavy (non-hydrogen) atoms. The molecule has 0 aromatic heterocycles. The highest BCUT2D eigenvalue weighted by Crippen LogP contribution is 2.33. The van der Waals surface area contributed by atoms with E-state index in [1.165, 1.54) is 6.07 Å². The number of nitrogens with zero attached hydrogens (tertiary/aromatic N) is 1. The Bertz CT molecular complexity index is 855. The number of benzene rings is 1. The van der Waals surface area contributed by atoms with Crippen LogP contribution in [0.4, 0.5) is 0 Å². The number of phenols is 2. The summed E-state index contributed by atoms with van der Waals surface area (Å²) in [5.41, 5.74) is 0.915. The maximum absolute atomic E-state index is 13.1. The Hall–Kier alpha value is -2.28. The fourth-order valence-electron chi connectivity index (χ4n) is 5.27. The van der Waals surface area contributed by atoms with Crippen molar-refractivity contribution in [3.8, 4) is 11.5 Å². The van der Waals surface area contributed by atoms with Crippen LogP contribution < -0.4 is 5.32 Å². The Morgan fingerprint density at radius 1 is 1.03 bits per heavy atom. The zero-order valence-corrected chi connectivity index (χ0v) is 21.9. The van der Waals surface area contributed by atoms with Crippen LogP contribution in [0.1, 0.15) is 101 Å². The molecule has 1 aliphatic carbocycles. The summed E-state index contributed by atoms with van der Waals surface area (Å²) in [4.78, 5) is 27.6.